The molecule has 0 spiro atoms. The molecule has 0 aliphatic carbocycles. The number of pyridine rings is 1. The number of carbonyl (C=O) groups is 1. The molecule has 0 unspecified atom stereocenters. The molecule has 0 saturated heterocycles. The van der Waals surface area contributed by atoms with Crippen LogP contribution in [0.1, 0.15) is 17.0 Å². The molecule has 0 radical (unpaired) electrons. The number of aromatic nitrogens is 2. The Bertz CT molecular complexity index is 1180. The number of hydrogen-bond acceptors (Lipinski definition) is 7. The molecule has 9 nitrogen and oxygen atoms in total. The molecular formula is C20H18F3N3O6S. The van der Waals surface area contributed by atoms with E-state index in [1.807, 2.05) is 0 Å². The summed E-state index contributed by atoms with van der Waals surface area (Å²) in [6.45, 7) is 0.786. The number of nitrogens with zero attached hydrogens (tertiary/aromatic N) is 3. The molecule has 3 aromatic rings. The van der Waals surface area contributed by atoms with Gasteiger partial charge < -0.3 is 14.4 Å². The summed E-state index contributed by atoms with van der Waals surface area (Å²) in [5.41, 5.74) is 1.39. The number of sulfonamides is 1. The van der Waals surface area contributed by atoms with Crippen molar-refractivity contribution in [2.45, 2.75) is 30.6 Å². The minimum atomic E-state index is -5.08. The van der Waals surface area contributed by atoms with Crippen LogP contribution in [0, 0.1) is 0 Å². The average Bonchev–Trinajstić information content (AvgIpc) is 3.21. The van der Waals surface area contributed by atoms with Gasteiger partial charge in [0.25, 0.3) is 0 Å². The third-order valence-electron chi connectivity index (χ3n) is 4.51. The molecule has 0 amide bonds. The van der Waals surface area contributed by atoms with Gasteiger partial charge in [0.1, 0.15) is 23.8 Å². The number of aliphatic carboxylic acids is 1. The fraction of sp³-hybridized carbons (Fsp3) is 0.250. The predicted molar refractivity (Wildman–Crippen MR) is 107 cm³/mol. The summed E-state index contributed by atoms with van der Waals surface area (Å²) < 4.78 is 69.9. The lowest BCUT2D eigenvalue weighted by Gasteiger charge is -2.25. The van der Waals surface area contributed by atoms with E-state index in [1.54, 1.807) is 54.9 Å². The Balaban J connectivity index is 0.000000383. The van der Waals surface area contributed by atoms with Gasteiger partial charge in [-0.1, -0.05) is 23.4 Å². The lowest BCUT2D eigenvalue weighted by Crippen LogP contribution is -2.35. The van der Waals surface area contributed by atoms with Gasteiger partial charge in [0.05, 0.1) is 11.1 Å². The normalized spacial score (nSPS) is 14.0. The van der Waals surface area contributed by atoms with Gasteiger partial charge in [-0.2, -0.15) is 17.5 Å². The van der Waals surface area contributed by atoms with Gasteiger partial charge >= 0.3 is 12.1 Å². The highest BCUT2D eigenvalue weighted by molar-refractivity contribution is 7.89. The Labute approximate surface area is 186 Å². The maximum Gasteiger partial charge on any atom is 0.490 e. The first-order chi connectivity index (χ1) is 15.6. The summed E-state index contributed by atoms with van der Waals surface area (Å²) in [6.07, 6.45) is -1.32. The summed E-state index contributed by atoms with van der Waals surface area (Å²) >= 11 is 0. The molecule has 0 atom stereocenters. The highest BCUT2D eigenvalue weighted by atomic mass is 32.2. The lowest BCUT2D eigenvalue weighted by atomic mass is 10.1. The lowest BCUT2D eigenvalue weighted by molar-refractivity contribution is -0.192. The van der Waals surface area contributed by atoms with Crippen molar-refractivity contribution >= 4 is 16.0 Å². The number of fused-ring (bicyclic) bond motifs is 1. The Hall–Kier alpha value is -3.45. The van der Waals surface area contributed by atoms with Crippen LogP contribution in [0.4, 0.5) is 13.2 Å². The van der Waals surface area contributed by atoms with E-state index in [0.717, 1.165) is 5.56 Å². The number of ether oxygens (including phenoxy) is 1. The molecule has 0 fully saturated rings. The Kier molecular flexibility index (Phi) is 7.33. The first kappa shape index (κ1) is 24.2. The van der Waals surface area contributed by atoms with Gasteiger partial charge in [0.2, 0.25) is 10.0 Å². The van der Waals surface area contributed by atoms with Gasteiger partial charge in [-0.3, -0.25) is 4.98 Å². The van der Waals surface area contributed by atoms with Crippen LogP contribution in [0.3, 0.4) is 0 Å². The van der Waals surface area contributed by atoms with E-state index < -0.39 is 22.2 Å². The molecule has 176 valence electrons. The molecule has 1 aromatic carbocycles. The molecular weight excluding hydrogens is 467 g/mol. The number of rotatable bonds is 5. The second kappa shape index (κ2) is 10.0. The van der Waals surface area contributed by atoms with Gasteiger partial charge in [0.15, 0.2) is 0 Å². The van der Waals surface area contributed by atoms with E-state index in [4.69, 9.17) is 19.2 Å². The topological polar surface area (TPSA) is 123 Å². The van der Waals surface area contributed by atoms with Crippen LogP contribution in [-0.4, -0.2) is 46.7 Å². The fourth-order valence-electron chi connectivity index (χ4n) is 2.88. The molecule has 0 saturated carbocycles. The summed E-state index contributed by atoms with van der Waals surface area (Å²) in [6, 6.07) is 12.0. The minimum Gasteiger partial charge on any atom is -0.486 e. The minimum absolute atomic E-state index is 0.198. The number of halogens is 3. The number of hydrogen-bond donors (Lipinski definition) is 1. The van der Waals surface area contributed by atoms with Gasteiger partial charge in [-0.15, -0.1) is 0 Å². The molecule has 4 rings (SSSR count). The highest BCUT2D eigenvalue weighted by Gasteiger charge is 2.38. The van der Waals surface area contributed by atoms with E-state index in [2.05, 4.69) is 10.1 Å². The second-order valence-electron chi connectivity index (χ2n) is 6.71. The largest absolute Gasteiger partial charge is 0.490 e. The Morgan fingerprint density at radius 1 is 1.18 bits per heavy atom. The van der Waals surface area contributed by atoms with Crippen molar-refractivity contribution in [3.63, 3.8) is 0 Å². The second-order valence-corrected chi connectivity index (χ2v) is 8.65. The number of carboxylic acids is 1. The van der Waals surface area contributed by atoms with Crippen molar-refractivity contribution < 1.29 is 40.8 Å². The summed E-state index contributed by atoms with van der Waals surface area (Å²) in [5.74, 6) is -1.42. The van der Waals surface area contributed by atoms with Gasteiger partial charge in [0, 0.05) is 31.3 Å². The van der Waals surface area contributed by atoms with Crippen LogP contribution >= 0.6 is 0 Å². The monoisotopic (exact) mass is 485 g/mol. The third-order valence-corrected chi connectivity index (χ3v) is 6.37. The predicted octanol–water partition coefficient (Wildman–Crippen LogP) is 3.03. The molecule has 3 heterocycles. The van der Waals surface area contributed by atoms with Gasteiger partial charge in [-0.05, 0) is 24.3 Å². The zero-order chi connectivity index (χ0) is 24.1. The van der Waals surface area contributed by atoms with Crippen LogP contribution in [0.2, 0.25) is 0 Å². The van der Waals surface area contributed by atoms with Crippen LogP contribution in [-0.2, 0) is 34.4 Å². The molecule has 33 heavy (non-hydrogen) atoms. The summed E-state index contributed by atoms with van der Waals surface area (Å²) in [4.78, 5) is 13.2. The van der Waals surface area contributed by atoms with Crippen LogP contribution < -0.4 is 4.74 Å². The maximum absolute atomic E-state index is 12.8. The first-order valence-corrected chi connectivity index (χ1v) is 10.9. The maximum atomic E-state index is 12.8. The zero-order valence-electron chi connectivity index (χ0n) is 16.9. The van der Waals surface area contributed by atoms with Crippen molar-refractivity contribution in [3.8, 4) is 5.75 Å². The van der Waals surface area contributed by atoms with Crippen molar-refractivity contribution in [1.29, 1.82) is 0 Å². The smallest absolute Gasteiger partial charge is 0.486 e. The molecule has 13 heteroatoms. The zero-order valence-corrected chi connectivity index (χ0v) is 17.7. The molecule has 1 aliphatic rings. The van der Waals surface area contributed by atoms with Crippen molar-refractivity contribution in [2.75, 3.05) is 6.54 Å². The number of alkyl halides is 3. The van der Waals surface area contributed by atoms with E-state index in [1.165, 1.54) is 4.31 Å². The number of carboxylic acid groups (broad SMARTS) is 1. The van der Waals surface area contributed by atoms with Crippen LogP contribution in [0.5, 0.6) is 5.75 Å². The third kappa shape index (κ3) is 6.08. The quantitative estimate of drug-likeness (QED) is 0.585. The molecule has 1 aliphatic heterocycles. The highest BCUT2D eigenvalue weighted by Crippen LogP contribution is 2.27. The van der Waals surface area contributed by atoms with E-state index in [-0.39, 0.29) is 18.0 Å². The van der Waals surface area contributed by atoms with E-state index in [0.29, 0.717) is 30.2 Å². The Morgan fingerprint density at radius 2 is 1.88 bits per heavy atom. The van der Waals surface area contributed by atoms with Crippen molar-refractivity contribution in [2.24, 2.45) is 0 Å². The standard InChI is InChI=1S/C18H17N3O4S.C2HF3O2/c22-26(23,15-6-2-1-3-7-15)21-10-8-18-16(12-21)17(20-25-18)13-24-14-5-4-9-19-11-14;3-2(4,5)1(6)7/h1-7,9,11H,8,10,12-13H2;(H,6,7). The summed E-state index contributed by atoms with van der Waals surface area (Å²) in [7, 11) is -3.55. The van der Waals surface area contributed by atoms with Crippen molar-refractivity contribution in [1.82, 2.24) is 14.4 Å². The number of benzene rings is 1. The van der Waals surface area contributed by atoms with Crippen LogP contribution in [0.25, 0.3) is 0 Å². The van der Waals surface area contributed by atoms with E-state index >= 15 is 0 Å². The van der Waals surface area contributed by atoms with Gasteiger partial charge in [-0.25, -0.2) is 13.2 Å². The SMILES string of the molecule is O=C(O)C(F)(F)F.O=S(=O)(c1ccccc1)N1CCc2onc(COc3cccnc3)c2C1. The van der Waals surface area contributed by atoms with Crippen molar-refractivity contribution in [3.05, 3.63) is 71.9 Å². The average molecular weight is 485 g/mol. The molecule has 2 aromatic heterocycles. The Morgan fingerprint density at radius 3 is 2.48 bits per heavy atom. The summed E-state index contributed by atoms with van der Waals surface area (Å²) in [5, 5.41) is 11.2. The molecule has 0 bridgehead atoms. The molecule has 1 N–H and O–H groups in total. The van der Waals surface area contributed by atoms with E-state index in [9.17, 15) is 21.6 Å². The van der Waals surface area contributed by atoms with Crippen LogP contribution in [0.15, 0.2) is 64.3 Å². The fourth-order valence-corrected chi connectivity index (χ4v) is 4.31. The first-order valence-electron chi connectivity index (χ1n) is 9.43.